The van der Waals surface area contributed by atoms with Crippen LogP contribution in [0, 0.1) is 6.92 Å². The molecule has 1 N–H and O–H groups in total. The fourth-order valence-electron chi connectivity index (χ4n) is 3.14. The number of rotatable bonds is 6. The molecule has 3 rings (SSSR count). The molecule has 0 atom stereocenters. The lowest BCUT2D eigenvalue weighted by Crippen LogP contribution is -2.28. The molecule has 1 aromatic heterocycles. The summed E-state index contributed by atoms with van der Waals surface area (Å²) in [6, 6.07) is 8.93. The second-order valence-corrected chi connectivity index (χ2v) is 8.45. The van der Waals surface area contributed by atoms with E-state index in [0.717, 1.165) is 25.7 Å². The Morgan fingerprint density at radius 3 is 2.46 bits per heavy atom. The summed E-state index contributed by atoms with van der Waals surface area (Å²) in [7, 11) is -3.61. The van der Waals surface area contributed by atoms with E-state index in [0.29, 0.717) is 18.8 Å². The summed E-state index contributed by atoms with van der Waals surface area (Å²) in [5.74, 6) is -0.225. The average molecular weight is 376 g/mol. The second kappa shape index (κ2) is 7.63. The van der Waals surface area contributed by atoms with Gasteiger partial charge in [0.1, 0.15) is 10.7 Å². The first-order valence-corrected chi connectivity index (χ1v) is 10.4. The molecule has 2 aromatic rings. The van der Waals surface area contributed by atoms with Crippen LogP contribution in [-0.2, 0) is 16.4 Å². The molecule has 1 aromatic carbocycles. The van der Waals surface area contributed by atoms with E-state index in [-0.39, 0.29) is 16.4 Å². The van der Waals surface area contributed by atoms with Crippen molar-refractivity contribution in [3.63, 3.8) is 0 Å². The fraction of sp³-hybridized carbons (Fsp3) is 0.421. The van der Waals surface area contributed by atoms with Gasteiger partial charge in [0, 0.05) is 24.8 Å². The second-order valence-electron chi connectivity index (χ2n) is 6.54. The number of hydrogen-bond donors (Lipinski definition) is 1. The number of hydrogen-bond acceptors (Lipinski definition) is 4. The third kappa shape index (κ3) is 3.83. The number of carbonyl (C=O) groups excluding carboxylic acids is 1. The van der Waals surface area contributed by atoms with E-state index in [1.165, 1.54) is 15.9 Å². The number of benzene rings is 1. The topological polar surface area (TPSA) is 79.6 Å². The van der Waals surface area contributed by atoms with Crippen LogP contribution in [-0.4, -0.2) is 31.7 Å². The number of nitrogens with one attached hydrogen (secondary N) is 1. The van der Waals surface area contributed by atoms with Crippen molar-refractivity contribution in [3.05, 3.63) is 47.4 Å². The Hall–Kier alpha value is -2.12. The number of anilines is 1. The van der Waals surface area contributed by atoms with Gasteiger partial charge >= 0.3 is 0 Å². The van der Waals surface area contributed by atoms with Gasteiger partial charge in [0.2, 0.25) is 10.0 Å². The summed E-state index contributed by atoms with van der Waals surface area (Å²) in [6.07, 6.45) is 3.77. The Balaban J connectivity index is 1.76. The first kappa shape index (κ1) is 18.7. The van der Waals surface area contributed by atoms with Gasteiger partial charge in [-0.2, -0.15) is 4.31 Å². The maximum absolute atomic E-state index is 12.7. The van der Waals surface area contributed by atoms with Gasteiger partial charge in [-0.3, -0.25) is 4.79 Å². The molecule has 1 saturated heterocycles. The van der Waals surface area contributed by atoms with Crippen LogP contribution in [0.5, 0.6) is 0 Å². The molecule has 0 unspecified atom stereocenters. The maximum Gasteiger partial charge on any atom is 0.291 e. The zero-order chi connectivity index (χ0) is 18.7. The van der Waals surface area contributed by atoms with E-state index in [4.69, 9.17) is 4.42 Å². The smallest absolute Gasteiger partial charge is 0.291 e. The summed E-state index contributed by atoms with van der Waals surface area (Å²) >= 11 is 0. The van der Waals surface area contributed by atoms with E-state index in [1.54, 1.807) is 6.92 Å². The van der Waals surface area contributed by atoms with Gasteiger partial charge in [0.25, 0.3) is 5.91 Å². The average Bonchev–Trinajstić information content (AvgIpc) is 3.27. The van der Waals surface area contributed by atoms with Crippen LogP contribution in [0.1, 0.15) is 48.1 Å². The van der Waals surface area contributed by atoms with Crippen molar-refractivity contribution in [3.8, 4) is 0 Å². The van der Waals surface area contributed by atoms with Crippen molar-refractivity contribution in [1.82, 2.24) is 4.31 Å². The lowest BCUT2D eigenvalue weighted by Gasteiger charge is -2.14. The summed E-state index contributed by atoms with van der Waals surface area (Å²) in [6.45, 7) is 4.71. The molecule has 26 heavy (non-hydrogen) atoms. The minimum absolute atomic E-state index is 0.00194. The van der Waals surface area contributed by atoms with Crippen molar-refractivity contribution in [1.29, 1.82) is 0 Å². The lowest BCUT2D eigenvalue weighted by molar-refractivity contribution is 0.0995. The minimum atomic E-state index is -3.61. The van der Waals surface area contributed by atoms with Crippen molar-refractivity contribution in [2.75, 3.05) is 18.4 Å². The minimum Gasteiger partial charge on any atom is -0.455 e. The van der Waals surface area contributed by atoms with E-state index < -0.39 is 15.9 Å². The van der Waals surface area contributed by atoms with E-state index in [9.17, 15) is 13.2 Å². The summed E-state index contributed by atoms with van der Waals surface area (Å²) in [5, 5.41) is 2.75. The summed E-state index contributed by atoms with van der Waals surface area (Å²) in [4.78, 5) is 12.5. The number of carbonyl (C=O) groups is 1. The van der Waals surface area contributed by atoms with Crippen LogP contribution in [0.3, 0.4) is 0 Å². The predicted octanol–water partition coefficient (Wildman–Crippen LogP) is 3.58. The zero-order valence-electron chi connectivity index (χ0n) is 15.1. The standard InChI is InChI=1S/C19H24N2O4S/c1-3-6-15-7-9-16(10-8-15)20-19(22)17-13-18(14(2)25-17)26(23,24)21-11-4-5-12-21/h7-10,13H,3-6,11-12H2,1-2H3,(H,20,22). The lowest BCUT2D eigenvalue weighted by atomic mass is 10.1. The van der Waals surface area contributed by atoms with E-state index in [2.05, 4.69) is 12.2 Å². The highest BCUT2D eigenvalue weighted by Crippen LogP contribution is 2.26. The molecule has 2 heterocycles. The first-order valence-electron chi connectivity index (χ1n) is 8.92. The molecule has 6 nitrogen and oxygen atoms in total. The fourth-order valence-corrected chi connectivity index (χ4v) is 4.82. The number of amides is 1. The molecule has 1 fully saturated rings. The van der Waals surface area contributed by atoms with Crippen molar-refractivity contribution < 1.29 is 17.6 Å². The quantitative estimate of drug-likeness (QED) is 0.836. The SMILES string of the molecule is CCCc1ccc(NC(=O)c2cc(S(=O)(=O)N3CCCC3)c(C)o2)cc1. The Bertz CT molecular complexity index is 879. The number of sulfonamides is 1. The monoisotopic (exact) mass is 376 g/mol. The summed E-state index contributed by atoms with van der Waals surface area (Å²) in [5.41, 5.74) is 1.85. The first-order chi connectivity index (χ1) is 12.4. The molecule has 1 amide bonds. The van der Waals surface area contributed by atoms with Gasteiger partial charge < -0.3 is 9.73 Å². The van der Waals surface area contributed by atoms with Crippen LogP contribution >= 0.6 is 0 Å². The normalized spacial score (nSPS) is 15.3. The van der Waals surface area contributed by atoms with Crippen molar-refractivity contribution in [2.45, 2.75) is 44.4 Å². The highest BCUT2D eigenvalue weighted by atomic mass is 32.2. The van der Waals surface area contributed by atoms with Crippen LogP contribution < -0.4 is 5.32 Å². The molecular weight excluding hydrogens is 352 g/mol. The summed E-state index contributed by atoms with van der Waals surface area (Å²) < 4.78 is 32.2. The number of nitrogens with zero attached hydrogens (tertiary/aromatic N) is 1. The van der Waals surface area contributed by atoms with Crippen LogP contribution in [0.25, 0.3) is 0 Å². The largest absolute Gasteiger partial charge is 0.455 e. The van der Waals surface area contributed by atoms with Crippen LogP contribution in [0.4, 0.5) is 5.69 Å². The van der Waals surface area contributed by atoms with E-state index in [1.807, 2.05) is 24.3 Å². The Labute approximate surface area is 154 Å². The number of furan rings is 1. The van der Waals surface area contributed by atoms with Gasteiger partial charge in [0.05, 0.1) is 0 Å². The van der Waals surface area contributed by atoms with Gasteiger partial charge in [0.15, 0.2) is 5.76 Å². The molecule has 0 aliphatic carbocycles. The van der Waals surface area contributed by atoms with Crippen molar-refractivity contribution in [2.24, 2.45) is 0 Å². The highest BCUT2D eigenvalue weighted by molar-refractivity contribution is 7.89. The van der Waals surface area contributed by atoms with Crippen molar-refractivity contribution >= 4 is 21.6 Å². The molecule has 1 aliphatic heterocycles. The third-order valence-corrected chi connectivity index (χ3v) is 6.54. The van der Waals surface area contributed by atoms with Gasteiger partial charge in [-0.1, -0.05) is 25.5 Å². The molecule has 0 spiro atoms. The molecule has 1 aliphatic rings. The Morgan fingerprint density at radius 1 is 1.19 bits per heavy atom. The van der Waals surface area contributed by atoms with E-state index >= 15 is 0 Å². The molecule has 0 bridgehead atoms. The van der Waals surface area contributed by atoms with Gasteiger partial charge in [-0.05, 0) is 43.9 Å². The molecular formula is C19H24N2O4S. The van der Waals surface area contributed by atoms with Gasteiger partial charge in [-0.25, -0.2) is 8.42 Å². The molecule has 0 radical (unpaired) electrons. The van der Waals surface area contributed by atoms with Crippen LogP contribution in [0.15, 0.2) is 39.6 Å². The van der Waals surface area contributed by atoms with Crippen LogP contribution in [0.2, 0.25) is 0 Å². The predicted molar refractivity (Wildman–Crippen MR) is 99.8 cm³/mol. The highest BCUT2D eigenvalue weighted by Gasteiger charge is 2.31. The molecule has 7 heteroatoms. The zero-order valence-corrected chi connectivity index (χ0v) is 15.9. The molecule has 0 saturated carbocycles. The Kier molecular flexibility index (Phi) is 5.48. The molecule has 140 valence electrons. The third-order valence-electron chi connectivity index (χ3n) is 4.53. The number of aryl methyl sites for hydroxylation is 2. The Morgan fingerprint density at radius 2 is 1.85 bits per heavy atom. The maximum atomic E-state index is 12.7. The van der Waals surface area contributed by atoms with Gasteiger partial charge in [-0.15, -0.1) is 0 Å².